The van der Waals surface area contributed by atoms with Gasteiger partial charge in [0.15, 0.2) is 0 Å². The molecule has 0 aromatic heterocycles. The highest BCUT2D eigenvalue weighted by atomic mass is 16.2. The summed E-state index contributed by atoms with van der Waals surface area (Å²) in [4.78, 5) is 12.1. The first kappa shape index (κ1) is 10.7. The van der Waals surface area contributed by atoms with Crippen LogP contribution in [0.1, 0.15) is 18.4 Å². The Kier molecular flexibility index (Phi) is 2.65. The Morgan fingerprint density at radius 3 is 2.44 bits per heavy atom. The maximum Gasteiger partial charge on any atom is 0.257 e. The van der Waals surface area contributed by atoms with E-state index in [1.165, 1.54) is 0 Å². The second-order valence-electron chi connectivity index (χ2n) is 4.00. The molecule has 0 unspecified atom stereocenters. The molecular formula is C14H14NO. The van der Waals surface area contributed by atoms with E-state index in [4.69, 9.17) is 0 Å². The first-order chi connectivity index (χ1) is 7.74. The number of benzene rings is 1. The number of carbonyl (C=O) groups is 1. The van der Waals surface area contributed by atoms with Gasteiger partial charge in [0.25, 0.3) is 5.91 Å². The van der Waals surface area contributed by atoms with Crippen molar-refractivity contribution in [3.8, 4) is 0 Å². The largest absolute Gasteiger partial charge is 0.272 e. The highest BCUT2D eigenvalue weighted by molar-refractivity contribution is 5.98. The third-order valence-corrected chi connectivity index (χ3v) is 3.04. The predicted molar refractivity (Wildman–Crippen MR) is 64.5 cm³/mol. The zero-order valence-corrected chi connectivity index (χ0v) is 9.15. The van der Waals surface area contributed by atoms with E-state index in [1.807, 2.05) is 24.3 Å². The molecule has 1 aromatic rings. The lowest BCUT2D eigenvalue weighted by Gasteiger charge is -2.23. The first-order valence-corrected chi connectivity index (χ1v) is 5.32. The maximum absolute atomic E-state index is 12.1. The summed E-state index contributed by atoms with van der Waals surface area (Å²) in [6.45, 7) is 7.46. The minimum Gasteiger partial charge on any atom is -0.272 e. The number of fused-ring (bicyclic) bond motifs is 1. The van der Waals surface area contributed by atoms with E-state index >= 15 is 0 Å². The van der Waals surface area contributed by atoms with Gasteiger partial charge < -0.3 is 0 Å². The quantitative estimate of drug-likeness (QED) is 0.706. The molecule has 2 nitrogen and oxygen atoms in total. The number of para-hydroxylation sites is 1. The molecule has 1 amide bonds. The number of amides is 1. The van der Waals surface area contributed by atoms with E-state index in [-0.39, 0.29) is 5.91 Å². The topological polar surface area (TPSA) is 31.2 Å². The molecule has 81 valence electrons. The summed E-state index contributed by atoms with van der Waals surface area (Å²) in [5, 5.41) is 4.11. The maximum atomic E-state index is 12.1. The van der Waals surface area contributed by atoms with Crippen LogP contribution in [0.4, 0.5) is 5.69 Å². The Morgan fingerprint density at radius 1 is 1.19 bits per heavy atom. The van der Waals surface area contributed by atoms with Crippen molar-refractivity contribution in [3.63, 3.8) is 0 Å². The second kappa shape index (κ2) is 3.97. The molecule has 0 bridgehead atoms. The molecule has 2 rings (SSSR count). The molecule has 0 spiro atoms. The van der Waals surface area contributed by atoms with Crippen LogP contribution >= 0.6 is 0 Å². The van der Waals surface area contributed by atoms with Gasteiger partial charge in [0.1, 0.15) is 0 Å². The van der Waals surface area contributed by atoms with E-state index in [9.17, 15) is 4.79 Å². The van der Waals surface area contributed by atoms with Crippen LogP contribution in [0.2, 0.25) is 0 Å². The molecule has 1 heterocycles. The number of hydrogen-bond acceptors (Lipinski definition) is 1. The molecule has 1 aliphatic rings. The molecule has 0 saturated heterocycles. The van der Waals surface area contributed by atoms with Crippen molar-refractivity contribution >= 4 is 11.6 Å². The van der Waals surface area contributed by atoms with Crippen molar-refractivity contribution in [2.24, 2.45) is 0 Å². The molecule has 0 N–H and O–H groups in total. The highest BCUT2D eigenvalue weighted by Crippen LogP contribution is 2.43. The molecule has 1 aromatic carbocycles. The van der Waals surface area contributed by atoms with Crippen LogP contribution in [-0.4, -0.2) is 5.91 Å². The third-order valence-electron chi connectivity index (χ3n) is 3.04. The van der Waals surface area contributed by atoms with Gasteiger partial charge >= 0.3 is 0 Å². The third kappa shape index (κ3) is 1.38. The lowest BCUT2D eigenvalue weighted by molar-refractivity contribution is -0.124. The summed E-state index contributed by atoms with van der Waals surface area (Å²) >= 11 is 0. The summed E-state index contributed by atoms with van der Waals surface area (Å²) in [5.41, 5.74) is 1.23. The van der Waals surface area contributed by atoms with E-state index in [0.29, 0.717) is 12.8 Å². The van der Waals surface area contributed by atoms with Crippen LogP contribution in [0.5, 0.6) is 0 Å². The molecule has 0 fully saturated rings. The van der Waals surface area contributed by atoms with Crippen LogP contribution in [0, 0.1) is 0 Å². The Morgan fingerprint density at radius 2 is 1.81 bits per heavy atom. The summed E-state index contributed by atoms with van der Waals surface area (Å²) in [5.74, 6) is -0.0755. The summed E-state index contributed by atoms with van der Waals surface area (Å²) in [7, 11) is 0. The lowest BCUT2D eigenvalue weighted by atomic mass is 9.76. The minimum absolute atomic E-state index is 0.0755. The van der Waals surface area contributed by atoms with Gasteiger partial charge in [-0.25, -0.2) is 5.32 Å². The van der Waals surface area contributed by atoms with Gasteiger partial charge in [0.05, 0.1) is 11.1 Å². The van der Waals surface area contributed by atoms with Crippen LogP contribution < -0.4 is 5.32 Å². The van der Waals surface area contributed by atoms with Gasteiger partial charge in [0.2, 0.25) is 0 Å². The molecular weight excluding hydrogens is 198 g/mol. The van der Waals surface area contributed by atoms with Crippen LogP contribution in [0.25, 0.3) is 0 Å². The number of nitrogens with zero attached hydrogens (tertiary/aromatic N) is 1. The number of hydrogen-bond donors (Lipinski definition) is 0. The standard InChI is InChI=1S/C14H14NO/c1-3-9-14(10-4-2)11-7-5-6-8-12(11)15-13(14)16/h3-8H,1-2,9-10H2. The Labute approximate surface area is 95.7 Å². The summed E-state index contributed by atoms with van der Waals surface area (Å²) in [6.07, 6.45) is 4.77. The van der Waals surface area contributed by atoms with Gasteiger partial charge in [-0.2, -0.15) is 0 Å². The van der Waals surface area contributed by atoms with E-state index in [0.717, 1.165) is 11.3 Å². The van der Waals surface area contributed by atoms with Crippen molar-refractivity contribution in [2.75, 3.05) is 0 Å². The molecule has 0 aliphatic carbocycles. The summed E-state index contributed by atoms with van der Waals surface area (Å²) in [6, 6.07) is 7.68. The zero-order valence-electron chi connectivity index (χ0n) is 9.15. The Bertz CT molecular complexity index is 438. The summed E-state index contributed by atoms with van der Waals surface area (Å²) < 4.78 is 0. The average Bonchev–Trinajstić information content (AvgIpc) is 2.54. The van der Waals surface area contributed by atoms with Crippen LogP contribution in [0.3, 0.4) is 0 Å². The van der Waals surface area contributed by atoms with Crippen molar-refractivity contribution < 1.29 is 4.79 Å². The minimum atomic E-state index is -0.555. The number of carbonyl (C=O) groups excluding carboxylic acids is 1. The SMILES string of the molecule is C=CCC1(CC=C)C(=O)[N]c2ccccc21. The Balaban J connectivity index is 2.55. The van der Waals surface area contributed by atoms with Crippen LogP contribution in [-0.2, 0) is 10.2 Å². The van der Waals surface area contributed by atoms with Gasteiger partial charge in [0, 0.05) is 0 Å². The molecule has 0 atom stereocenters. The second-order valence-corrected chi connectivity index (χ2v) is 4.00. The fraction of sp³-hybridized carbons (Fsp3) is 0.214. The fourth-order valence-corrected chi connectivity index (χ4v) is 2.28. The molecule has 1 aliphatic heterocycles. The van der Waals surface area contributed by atoms with E-state index in [1.54, 1.807) is 12.2 Å². The van der Waals surface area contributed by atoms with Gasteiger partial charge in [-0.15, -0.1) is 13.2 Å². The molecule has 2 heteroatoms. The normalized spacial score (nSPS) is 16.4. The van der Waals surface area contributed by atoms with Crippen molar-refractivity contribution in [1.29, 1.82) is 0 Å². The predicted octanol–water partition coefficient (Wildman–Crippen LogP) is 2.85. The van der Waals surface area contributed by atoms with Gasteiger partial charge in [-0.1, -0.05) is 30.4 Å². The number of rotatable bonds is 4. The molecule has 1 radical (unpaired) electrons. The first-order valence-electron chi connectivity index (χ1n) is 5.32. The zero-order chi connectivity index (χ0) is 11.6. The van der Waals surface area contributed by atoms with Crippen LogP contribution in [0.15, 0.2) is 49.6 Å². The van der Waals surface area contributed by atoms with E-state index < -0.39 is 5.41 Å². The number of allylic oxidation sites excluding steroid dienone is 2. The highest BCUT2D eigenvalue weighted by Gasteiger charge is 2.45. The Hall–Kier alpha value is -1.83. The smallest absolute Gasteiger partial charge is 0.257 e. The monoisotopic (exact) mass is 212 g/mol. The van der Waals surface area contributed by atoms with Crippen molar-refractivity contribution in [2.45, 2.75) is 18.3 Å². The average molecular weight is 212 g/mol. The van der Waals surface area contributed by atoms with E-state index in [2.05, 4.69) is 18.5 Å². The van der Waals surface area contributed by atoms with Crippen molar-refractivity contribution in [1.82, 2.24) is 5.32 Å². The molecule has 0 saturated carbocycles. The lowest BCUT2D eigenvalue weighted by Crippen LogP contribution is -2.33. The van der Waals surface area contributed by atoms with Gasteiger partial charge in [-0.05, 0) is 24.5 Å². The van der Waals surface area contributed by atoms with Crippen molar-refractivity contribution in [3.05, 3.63) is 55.1 Å². The van der Waals surface area contributed by atoms with Gasteiger partial charge in [-0.3, -0.25) is 4.79 Å². The molecule has 16 heavy (non-hydrogen) atoms. The fourth-order valence-electron chi connectivity index (χ4n) is 2.28.